The Bertz CT molecular complexity index is 769. The van der Waals surface area contributed by atoms with Crippen molar-refractivity contribution in [3.8, 4) is 28.6 Å². The standard InChI is InChI=1S/C15H12ClN3O2/c1-20-13-7-4-10(8-12(13)17)14-18-15(21-19-14)9-2-5-11(16)6-3-9/h2-8H,17H2,1H3. The molecule has 0 radical (unpaired) electrons. The van der Waals surface area contributed by atoms with E-state index in [1.807, 2.05) is 18.2 Å². The van der Waals surface area contributed by atoms with E-state index in [4.69, 9.17) is 26.6 Å². The molecule has 1 aromatic heterocycles. The highest BCUT2D eigenvalue weighted by molar-refractivity contribution is 6.30. The minimum Gasteiger partial charge on any atom is -0.495 e. The highest BCUT2D eigenvalue weighted by Crippen LogP contribution is 2.28. The number of ether oxygens (including phenoxy) is 1. The molecule has 6 heteroatoms. The second-order valence-electron chi connectivity index (χ2n) is 4.39. The van der Waals surface area contributed by atoms with Gasteiger partial charge in [0.25, 0.3) is 5.89 Å². The van der Waals surface area contributed by atoms with E-state index in [1.165, 1.54) is 0 Å². The normalized spacial score (nSPS) is 10.6. The molecule has 2 aromatic carbocycles. The van der Waals surface area contributed by atoms with E-state index in [9.17, 15) is 0 Å². The zero-order valence-electron chi connectivity index (χ0n) is 11.2. The molecule has 0 spiro atoms. The number of anilines is 1. The van der Waals surface area contributed by atoms with Gasteiger partial charge in [-0.05, 0) is 42.5 Å². The van der Waals surface area contributed by atoms with Gasteiger partial charge in [-0.2, -0.15) is 4.98 Å². The Morgan fingerprint density at radius 1 is 1.10 bits per heavy atom. The summed E-state index contributed by atoms with van der Waals surface area (Å²) < 4.78 is 10.4. The van der Waals surface area contributed by atoms with Gasteiger partial charge in [-0.15, -0.1) is 0 Å². The smallest absolute Gasteiger partial charge is 0.258 e. The fourth-order valence-corrected chi connectivity index (χ4v) is 2.05. The van der Waals surface area contributed by atoms with Crippen molar-refractivity contribution in [1.82, 2.24) is 10.1 Å². The lowest BCUT2D eigenvalue weighted by atomic mass is 10.2. The van der Waals surface area contributed by atoms with Crippen molar-refractivity contribution in [3.05, 3.63) is 47.5 Å². The average molecular weight is 302 g/mol. The molecule has 0 unspecified atom stereocenters. The van der Waals surface area contributed by atoms with E-state index < -0.39 is 0 Å². The molecule has 0 amide bonds. The van der Waals surface area contributed by atoms with Crippen LogP contribution in [0.25, 0.3) is 22.8 Å². The zero-order valence-corrected chi connectivity index (χ0v) is 12.0. The predicted molar refractivity (Wildman–Crippen MR) is 81.1 cm³/mol. The summed E-state index contributed by atoms with van der Waals surface area (Å²) in [5, 5.41) is 4.62. The lowest BCUT2D eigenvalue weighted by molar-refractivity contribution is 0.417. The number of halogens is 1. The van der Waals surface area contributed by atoms with Crippen LogP contribution in [0.2, 0.25) is 5.02 Å². The quantitative estimate of drug-likeness (QED) is 0.747. The number of aromatic nitrogens is 2. The molecule has 5 nitrogen and oxygen atoms in total. The SMILES string of the molecule is COc1ccc(-c2noc(-c3ccc(Cl)cc3)n2)cc1N. The van der Waals surface area contributed by atoms with Gasteiger partial charge >= 0.3 is 0 Å². The van der Waals surface area contributed by atoms with Gasteiger partial charge in [0, 0.05) is 16.1 Å². The van der Waals surface area contributed by atoms with Crippen LogP contribution in [0.1, 0.15) is 0 Å². The number of nitrogen functional groups attached to an aromatic ring is 1. The highest BCUT2D eigenvalue weighted by Gasteiger charge is 2.12. The number of benzene rings is 2. The number of rotatable bonds is 3. The van der Waals surface area contributed by atoms with Gasteiger partial charge in [-0.25, -0.2) is 0 Å². The molecular weight excluding hydrogens is 290 g/mol. The largest absolute Gasteiger partial charge is 0.495 e. The van der Waals surface area contributed by atoms with E-state index in [0.29, 0.717) is 28.2 Å². The van der Waals surface area contributed by atoms with Crippen molar-refractivity contribution in [1.29, 1.82) is 0 Å². The van der Waals surface area contributed by atoms with Gasteiger partial charge in [0.05, 0.1) is 12.8 Å². The summed E-state index contributed by atoms with van der Waals surface area (Å²) in [6.45, 7) is 0. The molecule has 0 saturated heterocycles. The number of hydrogen-bond donors (Lipinski definition) is 1. The van der Waals surface area contributed by atoms with Crippen molar-refractivity contribution < 1.29 is 9.26 Å². The molecule has 0 aliphatic heterocycles. The molecule has 0 aliphatic rings. The Morgan fingerprint density at radius 3 is 2.48 bits per heavy atom. The third kappa shape index (κ3) is 2.68. The van der Waals surface area contributed by atoms with E-state index in [-0.39, 0.29) is 0 Å². The molecule has 3 rings (SSSR count). The monoisotopic (exact) mass is 301 g/mol. The van der Waals surface area contributed by atoms with Crippen LogP contribution in [-0.2, 0) is 0 Å². The van der Waals surface area contributed by atoms with E-state index in [2.05, 4.69) is 10.1 Å². The Balaban J connectivity index is 1.94. The fourth-order valence-electron chi connectivity index (χ4n) is 1.92. The van der Waals surface area contributed by atoms with Crippen LogP contribution in [0, 0.1) is 0 Å². The average Bonchev–Trinajstić information content (AvgIpc) is 2.98. The van der Waals surface area contributed by atoms with Gasteiger partial charge in [0.1, 0.15) is 5.75 Å². The molecule has 2 N–H and O–H groups in total. The van der Waals surface area contributed by atoms with Gasteiger partial charge in [0.15, 0.2) is 0 Å². The zero-order chi connectivity index (χ0) is 14.8. The molecule has 3 aromatic rings. The minimum atomic E-state index is 0.427. The summed E-state index contributed by atoms with van der Waals surface area (Å²) in [5.41, 5.74) is 7.97. The molecule has 1 heterocycles. The minimum absolute atomic E-state index is 0.427. The summed E-state index contributed by atoms with van der Waals surface area (Å²) in [5.74, 6) is 1.51. The van der Waals surface area contributed by atoms with Gasteiger partial charge in [-0.3, -0.25) is 0 Å². The van der Waals surface area contributed by atoms with Gasteiger partial charge in [-0.1, -0.05) is 16.8 Å². The van der Waals surface area contributed by atoms with Crippen molar-refractivity contribution >= 4 is 17.3 Å². The van der Waals surface area contributed by atoms with Crippen LogP contribution >= 0.6 is 11.6 Å². The van der Waals surface area contributed by atoms with Crippen molar-refractivity contribution in [2.75, 3.05) is 12.8 Å². The second kappa shape index (κ2) is 5.46. The fraction of sp³-hybridized carbons (Fsp3) is 0.0667. The molecule has 0 atom stereocenters. The summed E-state index contributed by atoms with van der Waals surface area (Å²) in [7, 11) is 1.57. The first-order valence-corrected chi connectivity index (χ1v) is 6.58. The molecule has 0 saturated carbocycles. The summed E-state index contributed by atoms with van der Waals surface area (Å²) >= 11 is 5.85. The van der Waals surface area contributed by atoms with Crippen LogP contribution in [0.15, 0.2) is 47.0 Å². The second-order valence-corrected chi connectivity index (χ2v) is 4.82. The first-order valence-electron chi connectivity index (χ1n) is 6.21. The first-order chi connectivity index (χ1) is 10.2. The van der Waals surface area contributed by atoms with Crippen molar-refractivity contribution in [3.63, 3.8) is 0 Å². The molecule has 0 bridgehead atoms. The number of nitrogens with two attached hydrogens (primary N) is 1. The summed E-state index contributed by atoms with van der Waals surface area (Å²) in [6, 6.07) is 12.5. The maximum Gasteiger partial charge on any atom is 0.258 e. The van der Waals surface area contributed by atoms with E-state index in [0.717, 1.165) is 11.1 Å². The molecule has 0 aliphatic carbocycles. The van der Waals surface area contributed by atoms with Crippen molar-refractivity contribution in [2.24, 2.45) is 0 Å². The number of nitrogens with zero attached hydrogens (tertiary/aromatic N) is 2. The molecular formula is C15H12ClN3O2. The maximum atomic E-state index is 5.88. The van der Waals surface area contributed by atoms with Gasteiger partial charge in [0.2, 0.25) is 5.82 Å². The lowest BCUT2D eigenvalue weighted by Gasteiger charge is -2.04. The lowest BCUT2D eigenvalue weighted by Crippen LogP contribution is -1.93. The van der Waals surface area contributed by atoms with E-state index >= 15 is 0 Å². The summed E-state index contributed by atoms with van der Waals surface area (Å²) in [4.78, 5) is 4.36. The third-order valence-electron chi connectivity index (χ3n) is 3.01. The topological polar surface area (TPSA) is 74.2 Å². The van der Waals surface area contributed by atoms with Crippen LogP contribution in [-0.4, -0.2) is 17.3 Å². The van der Waals surface area contributed by atoms with Gasteiger partial charge < -0.3 is 15.0 Å². The Labute approximate surface area is 126 Å². The van der Waals surface area contributed by atoms with Crippen molar-refractivity contribution in [2.45, 2.75) is 0 Å². The Hall–Kier alpha value is -2.53. The maximum absolute atomic E-state index is 5.88. The number of hydrogen-bond acceptors (Lipinski definition) is 5. The van der Waals surface area contributed by atoms with E-state index in [1.54, 1.807) is 31.4 Å². The summed E-state index contributed by atoms with van der Waals surface area (Å²) in [6.07, 6.45) is 0. The van der Waals surface area contributed by atoms with Crippen LogP contribution in [0.3, 0.4) is 0 Å². The predicted octanol–water partition coefficient (Wildman–Crippen LogP) is 3.65. The molecule has 21 heavy (non-hydrogen) atoms. The first kappa shape index (κ1) is 13.5. The number of methoxy groups -OCH3 is 1. The van der Waals surface area contributed by atoms with Crippen LogP contribution in [0.5, 0.6) is 5.75 Å². The third-order valence-corrected chi connectivity index (χ3v) is 3.26. The Kier molecular flexibility index (Phi) is 3.50. The van der Waals surface area contributed by atoms with Crippen LogP contribution < -0.4 is 10.5 Å². The molecule has 0 fully saturated rings. The Morgan fingerprint density at radius 2 is 1.81 bits per heavy atom. The molecule has 106 valence electrons. The van der Waals surface area contributed by atoms with Crippen LogP contribution in [0.4, 0.5) is 5.69 Å². The highest BCUT2D eigenvalue weighted by atomic mass is 35.5.